The Labute approximate surface area is 274 Å². The molecule has 0 aromatic heterocycles. The maximum Gasteiger partial charge on any atom is 0.247 e. The molecule has 8 nitrogen and oxygen atoms in total. The van der Waals surface area contributed by atoms with Crippen LogP contribution >= 0.6 is 11.8 Å². The Hall–Kier alpha value is -2.78. The molecule has 1 spiro atoms. The summed E-state index contributed by atoms with van der Waals surface area (Å²) in [5.41, 5.74) is 0.154. The largest absolute Gasteiger partial charge is 0.494 e. The van der Waals surface area contributed by atoms with Crippen LogP contribution in [0.25, 0.3) is 0 Å². The molecule has 3 saturated heterocycles. The third-order valence-corrected chi connectivity index (χ3v) is 11.6. The molecule has 2 bridgehead atoms. The molecule has 1 aromatic rings. The van der Waals surface area contributed by atoms with Crippen molar-refractivity contribution in [1.29, 1.82) is 0 Å². The predicted octanol–water partition coefficient (Wildman–Crippen LogP) is 5.70. The van der Waals surface area contributed by atoms with Gasteiger partial charge in [-0.2, -0.15) is 0 Å². The number of benzene rings is 1. The van der Waals surface area contributed by atoms with Gasteiger partial charge >= 0.3 is 0 Å². The van der Waals surface area contributed by atoms with Crippen molar-refractivity contribution >= 4 is 35.2 Å². The zero-order valence-electron chi connectivity index (χ0n) is 28.3. The summed E-state index contributed by atoms with van der Waals surface area (Å²) in [6, 6.07) is 6.11. The van der Waals surface area contributed by atoms with E-state index >= 15 is 0 Å². The molecule has 4 rings (SSSR count). The van der Waals surface area contributed by atoms with E-state index in [1.54, 1.807) is 33.7 Å². The van der Waals surface area contributed by atoms with E-state index in [9.17, 15) is 19.5 Å². The first-order valence-electron chi connectivity index (χ1n) is 16.4. The second-order valence-corrected chi connectivity index (χ2v) is 16.1. The summed E-state index contributed by atoms with van der Waals surface area (Å²) in [7, 11) is 0. The summed E-state index contributed by atoms with van der Waals surface area (Å²) in [5, 5.41) is 10.4. The standard InChI is InChI=1S/C36H53N3O5S/c1-10-20-37(25-14-16-26(17-15-25)44-13-4)31(41)28-27-18-19-36(45-27)29(28)32(42)39(24(12-3)22-40)30(36)33(43)38(21-11-2)35(8,9)23-34(5,6)7/h10-11,14-17,24,27-30,40H,1-2,12-13,18-23H2,3-9H3/t24-,27-,28+,29-,30?,36?/m0/s1. The Morgan fingerprint density at radius 3 is 2.29 bits per heavy atom. The average Bonchev–Trinajstić information content (AvgIpc) is 3.62. The molecular formula is C36H53N3O5S. The minimum atomic E-state index is -0.780. The SMILES string of the molecule is C=CCN(C(=O)[C@@H]1[C@@H]2CCC3(S2)C(C(=O)N(CC=C)C(C)(C)CC(C)(C)C)N([C@@H](CC)CO)C(=O)[C@H]13)c1ccc(OCC)cc1. The van der Waals surface area contributed by atoms with Gasteiger partial charge in [-0.25, -0.2) is 0 Å². The van der Waals surface area contributed by atoms with Gasteiger partial charge in [0.15, 0.2) is 0 Å². The summed E-state index contributed by atoms with van der Waals surface area (Å²) in [4.78, 5) is 49.4. The summed E-state index contributed by atoms with van der Waals surface area (Å²) >= 11 is 1.66. The number of nitrogens with zero attached hydrogens (tertiary/aromatic N) is 3. The molecule has 9 heteroatoms. The average molecular weight is 640 g/mol. The molecule has 2 unspecified atom stereocenters. The first kappa shape index (κ1) is 35.1. The molecule has 0 saturated carbocycles. The molecule has 1 aromatic carbocycles. The molecule has 3 fully saturated rings. The van der Waals surface area contributed by atoms with E-state index in [-0.39, 0.29) is 35.0 Å². The van der Waals surface area contributed by atoms with E-state index in [0.29, 0.717) is 38.2 Å². The van der Waals surface area contributed by atoms with Crippen molar-refractivity contribution in [3.63, 3.8) is 0 Å². The topological polar surface area (TPSA) is 90.4 Å². The molecule has 1 N–H and O–H groups in total. The quantitative estimate of drug-likeness (QED) is 0.263. The molecule has 3 aliphatic heterocycles. The second kappa shape index (κ2) is 13.5. The van der Waals surface area contributed by atoms with E-state index in [1.165, 1.54) is 0 Å². The molecular weight excluding hydrogens is 586 g/mol. The number of carbonyl (C=O) groups excluding carboxylic acids is 3. The lowest BCUT2D eigenvalue weighted by atomic mass is 9.70. The van der Waals surface area contributed by atoms with E-state index in [2.05, 4.69) is 47.8 Å². The number of hydrogen-bond donors (Lipinski definition) is 1. The Bertz CT molecular complexity index is 1270. The molecule has 3 heterocycles. The number of rotatable bonds is 14. The highest BCUT2D eigenvalue weighted by molar-refractivity contribution is 8.02. The number of aliphatic hydroxyl groups excluding tert-OH is 1. The van der Waals surface area contributed by atoms with Crippen molar-refractivity contribution in [2.24, 2.45) is 17.3 Å². The van der Waals surface area contributed by atoms with Crippen LogP contribution in [-0.4, -0.2) is 86.6 Å². The van der Waals surface area contributed by atoms with Gasteiger partial charge in [-0.3, -0.25) is 14.4 Å². The molecule has 0 aliphatic carbocycles. The molecule has 248 valence electrons. The smallest absolute Gasteiger partial charge is 0.247 e. The summed E-state index contributed by atoms with van der Waals surface area (Å²) < 4.78 is 4.86. The van der Waals surface area contributed by atoms with Crippen LogP contribution in [-0.2, 0) is 14.4 Å². The van der Waals surface area contributed by atoms with Crippen LogP contribution in [0.15, 0.2) is 49.6 Å². The maximum absolute atomic E-state index is 15.0. The molecule has 0 radical (unpaired) electrons. The molecule has 45 heavy (non-hydrogen) atoms. The third-order valence-electron chi connectivity index (χ3n) is 9.64. The highest BCUT2D eigenvalue weighted by Gasteiger charge is 2.75. The van der Waals surface area contributed by atoms with Crippen molar-refractivity contribution in [2.45, 2.75) is 102 Å². The lowest BCUT2D eigenvalue weighted by Crippen LogP contribution is -2.61. The number of thioether (sulfide) groups is 1. The van der Waals surface area contributed by atoms with Crippen LogP contribution in [0, 0.1) is 17.3 Å². The van der Waals surface area contributed by atoms with E-state index in [1.807, 2.05) is 43.0 Å². The van der Waals surface area contributed by atoms with E-state index in [0.717, 1.165) is 18.6 Å². The van der Waals surface area contributed by atoms with E-state index in [4.69, 9.17) is 4.74 Å². The zero-order chi connectivity index (χ0) is 33.3. The van der Waals surface area contributed by atoms with Gasteiger partial charge in [0, 0.05) is 29.6 Å². The fourth-order valence-electron chi connectivity index (χ4n) is 8.29. The van der Waals surface area contributed by atoms with Gasteiger partial charge in [-0.05, 0) is 76.1 Å². The van der Waals surface area contributed by atoms with Crippen LogP contribution in [0.4, 0.5) is 5.69 Å². The number of carbonyl (C=O) groups is 3. The highest BCUT2D eigenvalue weighted by Crippen LogP contribution is 2.67. The van der Waals surface area contributed by atoms with Crippen molar-refractivity contribution in [3.05, 3.63) is 49.6 Å². The van der Waals surface area contributed by atoms with Crippen molar-refractivity contribution in [3.8, 4) is 5.75 Å². The first-order valence-corrected chi connectivity index (χ1v) is 17.3. The number of amides is 3. The number of hydrogen-bond acceptors (Lipinski definition) is 6. The highest BCUT2D eigenvalue weighted by atomic mass is 32.2. The van der Waals surface area contributed by atoms with E-state index < -0.39 is 34.2 Å². The molecule has 3 aliphatic rings. The van der Waals surface area contributed by atoms with Gasteiger partial charge in [0.2, 0.25) is 17.7 Å². The van der Waals surface area contributed by atoms with Gasteiger partial charge in [0.1, 0.15) is 11.8 Å². The first-order chi connectivity index (χ1) is 21.2. The number of fused-ring (bicyclic) bond motifs is 1. The Kier molecular flexibility index (Phi) is 10.5. The lowest BCUT2D eigenvalue weighted by Gasteiger charge is -2.46. The third kappa shape index (κ3) is 6.44. The molecule has 3 amide bonds. The van der Waals surface area contributed by atoms with Crippen LogP contribution < -0.4 is 9.64 Å². The minimum Gasteiger partial charge on any atom is -0.494 e. The second-order valence-electron chi connectivity index (χ2n) is 14.5. The zero-order valence-corrected chi connectivity index (χ0v) is 29.1. The van der Waals surface area contributed by atoms with Crippen molar-refractivity contribution in [1.82, 2.24) is 9.80 Å². The Balaban J connectivity index is 1.78. The number of anilines is 1. The lowest BCUT2D eigenvalue weighted by molar-refractivity contribution is -0.149. The monoisotopic (exact) mass is 639 g/mol. The Morgan fingerprint density at radius 2 is 1.76 bits per heavy atom. The van der Waals surface area contributed by atoms with Gasteiger partial charge < -0.3 is 24.5 Å². The van der Waals surface area contributed by atoms with Crippen LogP contribution in [0.2, 0.25) is 0 Å². The normalized spacial score (nSPS) is 26.4. The summed E-state index contributed by atoms with van der Waals surface area (Å²) in [5.74, 6) is -0.970. The van der Waals surface area contributed by atoms with Gasteiger partial charge in [0.05, 0.1) is 35.8 Å². The number of likely N-dealkylation sites (tertiary alicyclic amines) is 1. The van der Waals surface area contributed by atoms with Gasteiger partial charge in [-0.1, -0.05) is 39.8 Å². The van der Waals surface area contributed by atoms with Gasteiger partial charge in [-0.15, -0.1) is 24.9 Å². The number of aliphatic hydroxyl groups is 1. The van der Waals surface area contributed by atoms with Crippen LogP contribution in [0.3, 0.4) is 0 Å². The van der Waals surface area contributed by atoms with Crippen molar-refractivity contribution in [2.75, 3.05) is 31.2 Å². The van der Waals surface area contributed by atoms with Crippen molar-refractivity contribution < 1.29 is 24.2 Å². The fourth-order valence-corrected chi connectivity index (χ4v) is 10.5. The van der Waals surface area contributed by atoms with Crippen LogP contribution in [0.5, 0.6) is 5.75 Å². The summed E-state index contributed by atoms with van der Waals surface area (Å²) in [6.45, 7) is 23.3. The predicted molar refractivity (Wildman–Crippen MR) is 182 cm³/mol. The fraction of sp³-hybridized carbons (Fsp3) is 0.639. The number of ether oxygens (including phenoxy) is 1. The Morgan fingerprint density at radius 1 is 1.11 bits per heavy atom. The van der Waals surface area contributed by atoms with Crippen LogP contribution in [0.1, 0.15) is 74.1 Å². The summed E-state index contributed by atoms with van der Waals surface area (Å²) in [6.07, 6.45) is 6.12. The maximum atomic E-state index is 15.0. The van der Waals surface area contributed by atoms with Gasteiger partial charge in [0.25, 0.3) is 0 Å². The minimum absolute atomic E-state index is 0.0419. The molecule has 6 atom stereocenters.